The topological polar surface area (TPSA) is 106 Å². The average Bonchev–Trinajstić information content (AvgIpc) is 2.98. The Bertz CT molecular complexity index is 823. The number of nitrogens with one attached hydrogen (secondary N) is 1. The van der Waals surface area contributed by atoms with Gasteiger partial charge in [0.25, 0.3) is 5.91 Å². The third-order valence-electron chi connectivity index (χ3n) is 5.00. The molecule has 2 atom stereocenters. The summed E-state index contributed by atoms with van der Waals surface area (Å²) in [5.41, 5.74) is 2.11. The molecule has 0 saturated carbocycles. The largest absolute Gasteiger partial charge is 0.480 e. The predicted molar refractivity (Wildman–Crippen MR) is 92.8 cm³/mol. The van der Waals surface area contributed by atoms with Crippen LogP contribution in [0.4, 0.5) is 10.5 Å². The van der Waals surface area contributed by atoms with Gasteiger partial charge in [-0.25, -0.2) is 9.79 Å². The standard InChI is InChI=1S/C17H19N5O4/c1-20-14-13(15(25)19-17(20)26)22(9-12(23)24)16(18-14)21-8-4-6-10-5-2-3-7-11(10)21/h2-3,5,7,13-14H,4,6,8-9H2,1H3,(H,23,24)(H,19,25,26). The van der Waals surface area contributed by atoms with Crippen LogP contribution >= 0.6 is 0 Å². The zero-order chi connectivity index (χ0) is 18.4. The van der Waals surface area contributed by atoms with Gasteiger partial charge in [-0.3, -0.25) is 14.9 Å². The van der Waals surface area contributed by atoms with Gasteiger partial charge in [0, 0.05) is 19.3 Å². The first-order valence-corrected chi connectivity index (χ1v) is 8.46. The Labute approximate surface area is 149 Å². The van der Waals surface area contributed by atoms with Crippen molar-refractivity contribution in [1.29, 1.82) is 0 Å². The lowest BCUT2D eigenvalue weighted by molar-refractivity contribution is -0.138. The minimum Gasteiger partial charge on any atom is -0.480 e. The number of imide groups is 1. The number of urea groups is 1. The van der Waals surface area contributed by atoms with E-state index in [4.69, 9.17) is 0 Å². The molecule has 3 amide bonds. The van der Waals surface area contributed by atoms with Crippen LogP contribution in [0.2, 0.25) is 0 Å². The molecular formula is C17H19N5O4. The van der Waals surface area contributed by atoms with E-state index in [1.807, 2.05) is 29.2 Å². The van der Waals surface area contributed by atoms with Crippen LogP contribution in [0.25, 0.3) is 0 Å². The molecule has 1 saturated heterocycles. The molecule has 3 heterocycles. The first-order valence-electron chi connectivity index (χ1n) is 8.46. The molecular weight excluding hydrogens is 338 g/mol. The van der Waals surface area contributed by atoms with Gasteiger partial charge in [-0.15, -0.1) is 0 Å². The molecule has 0 spiro atoms. The Morgan fingerprint density at radius 2 is 2.12 bits per heavy atom. The van der Waals surface area contributed by atoms with Crippen molar-refractivity contribution in [2.24, 2.45) is 4.99 Å². The normalized spacial score (nSPS) is 24.8. The molecule has 2 N–H and O–H groups in total. The molecule has 1 aromatic carbocycles. The van der Waals surface area contributed by atoms with E-state index < -0.39 is 30.1 Å². The number of carbonyl (C=O) groups excluding carboxylic acids is 2. The Hall–Kier alpha value is -3.10. The Balaban J connectivity index is 1.77. The molecule has 9 heteroatoms. The van der Waals surface area contributed by atoms with Crippen molar-refractivity contribution in [3.63, 3.8) is 0 Å². The highest BCUT2D eigenvalue weighted by Crippen LogP contribution is 2.32. The van der Waals surface area contributed by atoms with E-state index in [-0.39, 0.29) is 6.54 Å². The lowest BCUT2D eigenvalue weighted by atomic mass is 10.0. The van der Waals surface area contributed by atoms with Gasteiger partial charge in [0.05, 0.1) is 0 Å². The van der Waals surface area contributed by atoms with Crippen LogP contribution in [-0.4, -0.2) is 71.1 Å². The first-order chi connectivity index (χ1) is 12.5. The molecule has 2 unspecified atom stereocenters. The maximum atomic E-state index is 12.4. The summed E-state index contributed by atoms with van der Waals surface area (Å²) in [6.45, 7) is 0.304. The average molecular weight is 357 g/mol. The monoisotopic (exact) mass is 357 g/mol. The summed E-state index contributed by atoms with van der Waals surface area (Å²) in [6.07, 6.45) is 1.09. The minimum absolute atomic E-state index is 0.367. The number of likely N-dealkylation sites (N-methyl/N-ethyl adjacent to an activating group) is 1. The summed E-state index contributed by atoms with van der Waals surface area (Å²) in [4.78, 5) is 45.1. The third kappa shape index (κ3) is 2.47. The Morgan fingerprint density at radius 1 is 1.35 bits per heavy atom. The van der Waals surface area contributed by atoms with Crippen molar-refractivity contribution in [3.05, 3.63) is 29.8 Å². The van der Waals surface area contributed by atoms with Crippen LogP contribution in [0.5, 0.6) is 0 Å². The molecule has 0 aromatic heterocycles. The smallest absolute Gasteiger partial charge is 0.325 e. The fourth-order valence-corrected chi connectivity index (χ4v) is 3.79. The zero-order valence-electron chi connectivity index (χ0n) is 14.3. The SMILES string of the molecule is CN1C(=O)NC(=O)C2C1N=C(N1CCCc3ccccc31)N2CC(=O)O. The van der Waals surface area contributed by atoms with Gasteiger partial charge in [-0.2, -0.15) is 0 Å². The van der Waals surface area contributed by atoms with Gasteiger partial charge < -0.3 is 19.8 Å². The number of carbonyl (C=O) groups is 3. The number of aliphatic imine (C=N–C) groups is 1. The van der Waals surface area contributed by atoms with E-state index >= 15 is 0 Å². The van der Waals surface area contributed by atoms with Crippen LogP contribution in [-0.2, 0) is 16.0 Å². The number of guanidine groups is 1. The van der Waals surface area contributed by atoms with Crippen LogP contribution in [0.15, 0.2) is 29.3 Å². The number of para-hydroxylation sites is 1. The Morgan fingerprint density at radius 3 is 2.88 bits per heavy atom. The highest BCUT2D eigenvalue weighted by atomic mass is 16.4. The number of amides is 3. The number of hydrogen-bond acceptors (Lipinski definition) is 6. The van der Waals surface area contributed by atoms with Crippen molar-refractivity contribution < 1.29 is 19.5 Å². The van der Waals surface area contributed by atoms with Crippen LogP contribution in [0.3, 0.4) is 0 Å². The molecule has 9 nitrogen and oxygen atoms in total. The molecule has 0 aliphatic carbocycles. The molecule has 0 radical (unpaired) electrons. The first kappa shape index (κ1) is 16.4. The predicted octanol–water partition coefficient (Wildman–Crippen LogP) is 0.0717. The second kappa shape index (κ2) is 6.01. The second-order valence-corrected chi connectivity index (χ2v) is 6.60. The molecule has 3 aliphatic heterocycles. The number of fused-ring (bicyclic) bond motifs is 2. The van der Waals surface area contributed by atoms with Crippen molar-refractivity contribution in [1.82, 2.24) is 15.1 Å². The molecule has 4 rings (SSSR count). The van der Waals surface area contributed by atoms with Crippen molar-refractivity contribution in [2.75, 3.05) is 25.0 Å². The summed E-state index contributed by atoms with van der Waals surface area (Å²) in [5, 5.41) is 11.6. The quantitative estimate of drug-likeness (QED) is 0.776. The van der Waals surface area contributed by atoms with Gasteiger partial charge in [-0.1, -0.05) is 18.2 Å². The van der Waals surface area contributed by atoms with Crippen LogP contribution < -0.4 is 10.2 Å². The molecule has 136 valence electrons. The lowest BCUT2D eigenvalue weighted by Gasteiger charge is -2.38. The Kier molecular flexibility index (Phi) is 3.78. The number of nitrogens with zero attached hydrogens (tertiary/aromatic N) is 4. The lowest BCUT2D eigenvalue weighted by Crippen LogP contribution is -2.64. The van der Waals surface area contributed by atoms with E-state index in [0.717, 1.165) is 24.1 Å². The summed E-state index contributed by atoms with van der Waals surface area (Å²) in [5.74, 6) is -1.16. The number of benzene rings is 1. The fourth-order valence-electron chi connectivity index (χ4n) is 3.79. The van der Waals surface area contributed by atoms with Crippen molar-refractivity contribution in [3.8, 4) is 0 Å². The zero-order valence-corrected chi connectivity index (χ0v) is 14.3. The summed E-state index contributed by atoms with van der Waals surface area (Å²) < 4.78 is 0. The van der Waals surface area contributed by atoms with Gasteiger partial charge >= 0.3 is 12.0 Å². The van der Waals surface area contributed by atoms with E-state index in [9.17, 15) is 19.5 Å². The van der Waals surface area contributed by atoms with Gasteiger partial charge in [0.1, 0.15) is 6.54 Å². The van der Waals surface area contributed by atoms with Gasteiger partial charge in [0.2, 0.25) is 5.96 Å². The maximum Gasteiger partial charge on any atom is 0.325 e. The van der Waals surface area contributed by atoms with Crippen LogP contribution in [0.1, 0.15) is 12.0 Å². The van der Waals surface area contributed by atoms with Crippen molar-refractivity contribution >= 4 is 29.6 Å². The second-order valence-electron chi connectivity index (χ2n) is 6.60. The summed E-state index contributed by atoms with van der Waals surface area (Å²) in [6, 6.07) is 6.51. The maximum absolute atomic E-state index is 12.4. The van der Waals surface area contributed by atoms with E-state index in [1.54, 1.807) is 7.05 Å². The van der Waals surface area contributed by atoms with Gasteiger partial charge in [0.15, 0.2) is 12.2 Å². The molecule has 1 aromatic rings. The highest BCUT2D eigenvalue weighted by Gasteiger charge is 2.50. The number of aryl methyl sites for hydroxylation is 1. The summed E-state index contributed by atoms with van der Waals surface area (Å²) >= 11 is 0. The molecule has 0 bridgehead atoms. The fraction of sp³-hybridized carbons (Fsp3) is 0.412. The van der Waals surface area contributed by atoms with Gasteiger partial charge in [-0.05, 0) is 24.5 Å². The number of rotatable bonds is 2. The number of anilines is 1. The van der Waals surface area contributed by atoms with E-state index in [2.05, 4.69) is 10.3 Å². The molecule has 26 heavy (non-hydrogen) atoms. The molecule has 1 fully saturated rings. The van der Waals surface area contributed by atoms with E-state index in [1.165, 1.54) is 9.80 Å². The number of hydrogen-bond donors (Lipinski definition) is 2. The van der Waals surface area contributed by atoms with Crippen molar-refractivity contribution in [2.45, 2.75) is 25.0 Å². The van der Waals surface area contributed by atoms with Crippen LogP contribution in [0, 0.1) is 0 Å². The number of aliphatic carboxylic acids is 1. The highest BCUT2D eigenvalue weighted by molar-refractivity contribution is 6.08. The number of carboxylic acid groups (broad SMARTS) is 1. The third-order valence-corrected chi connectivity index (χ3v) is 5.00. The number of carboxylic acids is 1. The minimum atomic E-state index is -1.06. The summed E-state index contributed by atoms with van der Waals surface area (Å²) in [7, 11) is 1.55. The molecule has 3 aliphatic rings. The van der Waals surface area contributed by atoms with E-state index in [0.29, 0.717) is 12.5 Å².